The number of para-hydroxylation sites is 1. The number of rotatable bonds is 0. The quantitative estimate of drug-likeness (QED) is 0.664. The zero-order valence-electron chi connectivity index (χ0n) is 9.80. The van der Waals surface area contributed by atoms with Crippen LogP contribution >= 0.6 is 7.44 Å². The molecule has 2 heterocycles. The van der Waals surface area contributed by atoms with Crippen LogP contribution in [0.5, 0.6) is 0 Å². The third kappa shape index (κ3) is 1.37. The fourth-order valence-corrected chi connectivity index (χ4v) is 5.51. The Morgan fingerprint density at radius 2 is 2.00 bits per heavy atom. The molecule has 1 fully saturated rings. The van der Waals surface area contributed by atoms with Crippen molar-refractivity contribution in [2.24, 2.45) is 0 Å². The smallest absolute Gasteiger partial charge is 0.265 e. The molecule has 0 radical (unpaired) electrons. The Labute approximate surface area is 101 Å². The second kappa shape index (κ2) is 3.61. The van der Waals surface area contributed by atoms with Gasteiger partial charge in [-0.1, -0.05) is 12.1 Å². The van der Waals surface area contributed by atoms with Crippen LogP contribution in [0.25, 0.3) is 0 Å². The summed E-state index contributed by atoms with van der Waals surface area (Å²) in [6.07, 6.45) is 2.50. The number of anilines is 1. The van der Waals surface area contributed by atoms with Gasteiger partial charge < -0.3 is 4.67 Å². The van der Waals surface area contributed by atoms with E-state index >= 15 is 0 Å². The molecule has 1 amide bonds. The van der Waals surface area contributed by atoms with Crippen LogP contribution in [0.1, 0.15) is 23.2 Å². The average molecular weight is 250 g/mol. The predicted molar refractivity (Wildman–Crippen MR) is 67.6 cm³/mol. The first-order valence-corrected chi connectivity index (χ1v) is 7.69. The van der Waals surface area contributed by atoms with E-state index in [0.29, 0.717) is 18.3 Å². The molecule has 90 valence electrons. The van der Waals surface area contributed by atoms with Crippen LogP contribution in [0.2, 0.25) is 0 Å². The van der Waals surface area contributed by atoms with Gasteiger partial charge in [0.1, 0.15) is 0 Å². The van der Waals surface area contributed by atoms with Gasteiger partial charge in [-0.3, -0.25) is 14.0 Å². The zero-order valence-corrected chi connectivity index (χ0v) is 10.7. The van der Waals surface area contributed by atoms with E-state index in [2.05, 4.69) is 0 Å². The summed E-state index contributed by atoms with van der Waals surface area (Å²) >= 11 is 0. The van der Waals surface area contributed by atoms with Crippen LogP contribution in [-0.4, -0.2) is 30.3 Å². The van der Waals surface area contributed by atoms with Crippen molar-refractivity contribution < 1.29 is 9.36 Å². The molecule has 1 aromatic carbocycles. The van der Waals surface area contributed by atoms with Crippen LogP contribution in [0.15, 0.2) is 24.3 Å². The number of hydrogen-bond donors (Lipinski definition) is 0. The number of carbonyl (C=O) groups is 1. The van der Waals surface area contributed by atoms with Crippen LogP contribution in [-0.2, 0) is 4.57 Å². The summed E-state index contributed by atoms with van der Waals surface area (Å²) in [5, 5.41) is 0. The number of amides is 1. The van der Waals surface area contributed by atoms with Gasteiger partial charge in [0.05, 0.1) is 11.3 Å². The van der Waals surface area contributed by atoms with Crippen LogP contribution in [0, 0.1) is 0 Å². The second-order valence-electron chi connectivity index (χ2n) is 4.56. The molecule has 0 aromatic heterocycles. The summed E-state index contributed by atoms with van der Waals surface area (Å²) in [6.45, 7) is 0.620. The standard InChI is InChI=1S/C12H15N2O2P/c1-13-11-7-3-2-6-10(11)12(15)14-8-4-5-9-17(13,14)16/h2-3,6-7H,4-5,8-9H2,1H3. The highest BCUT2D eigenvalue weighted by molar-refractivity contribution is 7.64. The van der Waals surface area contributed by atoms with Crippen molar-refractivity contribution >= 4 is 19.0 Å². The highest BCUT2D eigenvalue weighted by Crippen LogP contribution is 2.60. The molecule has 0 N–H and O–H groups in total. The lowest BCUT2D eigenvalue weighted by Gasteiger charge is -2.45. The number of nitrogens with zero attached hydrogens (tertiary/aromatic N) is 2. The highest BCUT2D eigenvalue weighted by Gasteiger charge is 2.45. The molecule has 0 saturated carbocycles. The lowest BCUT2D eigenvalue weighted by Crippen LogP contribution is -2.43. The first-order chi connectivity index (χ1) is 8.14. The first kappa shape index (κ1) is 10.8. The molecule has 17 heavy (non-hydrogen) atoms. The Hall–Kier alpha value is -1.28. The average Bonchev–Trinajstić information content (AvgIpc) is 2.36. The van der Waals surface area contributed by atoms with E-state index in [-0.39, 0.29) is 5.91 Å². The van der Waals surface area contributed by atoms with Crippen molar-refractivity contribution in [3.8, 4) is 0 Å². The maximum Gasteiger partial charge on any atom is 0.265 e. The predicted octanol–water partition coefficient (Wildman–Crippen LogP) is 2.57. The van der Waals surface area contributed by atoms with Crippen LogP contribution in [0.4, 0.5) is 5.69 Å². The normalized spacial score (nSPS) is 27.7. The summed E-state index contributed by atoms with van der Waals surface area (Å²) in [5.41, 5.74) is 1.47. The molecule has 2 aliphatic heterocycles. The van der Waals surface area contributed by atoms with Crippen molar-refractivity contribution in [2.45, 2.75) is 12.8 Å². The number of benzene rings is 1. The third-order valence-electron chi connectivity index (χ3n) is 3.63. The van der Waals surface area contributed by atoms with Gasteiger partial charge in [0.25, 0.3) is 13.4 Å². The topological polar surface area (TPSA) is 40.6 Å². The molecule has 1 unspecified atom stereocenters. The van der Waals surface area contributed by atoms with E-state index in [0.717, 1.165) is 18.5 Å². The molecule has 4 nitrogen and oxygen atoms in total. The fraction of sp³-hybridized carbons (Fsp3) is 0.417. The number of carbonyl (C=O) groups excluding carboxylic acids is 1. The Bertz CT molecular complexity index is 529. The van der Waals surface area contributed by atoms with Gasteiger partial charge in [0.15, 0.2) is 0 Å². The van der Waals surface area contributed by atoms with Crippen molar-refractivity contribution in [3.63, 3.8) is 0 Å². The summed E-state index contributed by atoms with van der Waals surface area (Å²) < 4.78 is 16.4. The van der Waals surface area contributed by atoms with Gasteiger partial charge in [-0.05, 0) is 25.0 Å². The van der Waals surface area contributed by atoms with Crippen molar-refractivity contribution in [1.82, 2.24) is 4.67 Å². The van der Waals surface area contributed by atoms with Crippen molar-refractivity contribution in [1.29, 1.82) is 0 Å². The molecule has 0 spiro atoms. The van der Waals surface area contributed by atoms with Gasteiger partial charge in [0, 0.05) is 19.8 Å². The molecule has 1 aromatic rings. The summed E-state index contributed by atoms with van der Waals surface area (Å²) in [7, 11) is -0.842. The van der Waals surface area contributed by atoms with Gasteiger partial charge >= 0.3 is 0 Å². The Morgan fingerprint density at radius 1 is 1.24 bits per heavy atom. The van der Waals surface area contributed by atoms with E-state index in [1.165, 1.54) is 0 Å². The molecule has 3 rings (SSSR count). The first-order valence-electron chi connectivity index (χ1n) is 5.89. The van der Waals surface area contributed by atoms with E-state index < -0.39 is 7.44 Å². The summed E-state index contributed by atoms with van der Waals surface area (Å²) in [6, 6.07) is 7.42. The number of fused-ring (bicyclic) bond motifs is 2. The minimum atomic E-state index is -2.68. The molecule has 5 heteroatoms. The molecule has 2 aliphatic rings. The summed E-state index contributed by atoms with van der Waals surface area (Å²) in [4.78, 5) is 12.3. The zero-order chi connectivity index (χ0) is 12.0. The van der Waals surface area contributed by atoms with Crippen LogP contribution < -0.4 is 4.67 Å². The minimum absolute atomic E-state index is 0.0678. The minimum Gasteiger partial charge on any atom is -0.309 e. The lowest BCUT2D eigenvalue weighted by atomic mass is 10.1. The maximum atomic E-state index is 13.0. The largest absolute Gasteiger partial charge is 0.309 e. The third-order valence-corrected chi connectivity index (χ3v) is 6.82. The molecular weight excluding hydrogens is 235 g/mol. The molecule has 0 bridgehead atoms. The Morgan fingerprint density at radius 3 is 2.82 bits per heavy atom. The van der Waals surface area contributed by atoms with Gasteiger partial charge in [-0.15, -0.1) is 0 Å². The maximum absolute atomic E-state index is 13.0. The van der Waals surface area contributed by atoms with E-state index in [1.807, 2.05) is 36.0 Å². The van der Waals surface area contributed by atoms with Crippen molar-refractivity contribution in [2.75, 3.05) is 24.4 Å². The van der Waals surface area contributed by atoms with Crippen LogP contribution in [0.3, 0.4) is 0 Å². The van der Waals surface area contributed by atoms with Gasteiger partial charge in [-0.25, -0.2) is 0 Å². The van der Waals surface area contributed by atoms with Gasteiger partial charge in [-0.2, -0.15) is 0 Å². The molecular formula is C12H15N2O2P. The lowest BCUT2D eigenvalue weighted by molar-refractivity contribution is 0.0848. The fourth-order valence-electron chi connectivity index (χ4n) is 2.66. The van der Waals surface area contributed by atoms with E-state index in [9.17, 15) is 9.36 Å². The highest BCUT2D eigenvalue weighted by atomic mass is 31.2. The molecule has 0 aliphatic carbocycles. The molecule has 1 saturated heterocycles. The van der Waals surface area contributed by atoms with Gasteiger partial charge in [0.2, 0.25) is 0 Å². The summed E-state index contributed by atoms with van der Waals surface area (Å²) in [5.74, 6) is -0.0678. The number of hydrogen-bond acceptors (Lipinski definition) is 2. The second-order valence-corrected chi connectivity index (χ2v) is 7.42. The SMILES string of the molecule is CN1c2ccccc2C(=O)N2CCCCP21=O. The van der Waals surface area contributed by atoms with E-state index in [4.69, 9.17) is 0 Å². The molecule has 1 atom stereocenters. The Balaban J connectivity index is 2.20. The van der Waals surface area contributed by atoms with Crippen molar-refractivity contribution in [3.05, 3.63) is 29.8 Å². The monoisotopic (exact) mass is 250 g/mol. The van der Waals surface area contributed by atoms with E-state index in [1.54, 1.807) is 4.67 Å². The Kier molecular flexibility index (Phi) is 2.30.